The Morgan fingerprint density at radius 3 is 2.71 bits per heavy atom. The molecule has 8 heteroatoms. The molecule has 7 nitrogen and oxygen atoms in total. The summed E-state index contributed by atoms with van der Waals surface area (Å²) in [7, 11) is -3.72. The van der Waals surface area contributed by atoms with Crippen LogP contribution >= 0.6 is 0 Å². The summed E-state index contributed by atoms with van der Waals surface area (Å²) in [6, 6.07) is 3.23. The van der Waals surface area contributed by atoms with Crippen LogP contribution in [-0.4, -0.2) is 31.1 Å². The highest BCUT2D eigenvalue weighted by Gasteiger charge is 2.38. The van der Waals surface area contributed by atoms with Crippen molar-refractivity contribution >= 4 is 27.4 Å². The number of rotatable bonds is 2. The summed E-state index contributed by atoms with van der Waals surface area (Å²) in [5.41, 5.74) is 6.01. The second kappa shape index (κ2) is 3.97. The molecule has 1 aliphatic heterocycles. The van der Waals surface area contributed by atoms with Crippen molar-refractivity contribution in [3.05, 3.63) is 18.3 Å². The largest absolute Gasteiger partial charge is 0.396 e. The third-order valence-corrected chi connectivity index (χ3v) is 3.87. The van der Waals surface area contributed by atoms with Crippen LogP contribution in [-0.2, 0) is 14.8 Å². The summed E-state index contributed by atoms with van der Waals surface area (Å²) >= 11 is 0. The lowest BCUT2D eigenvalue weighted by Gasteiger charge is -2.16. The zero-order valence-electron chi connectivity index (χ0n) is 8.91. The molecular weight excluding hydrogens is 244 g/mol. The van der Waals surface area contributed by atoms with Crippen LogP contribution in [0.1, 0.15) is 6.42 Å². The summed E-state index contributed by atoms with van der Waals surface area (Å²) in [6.07, 6.45) is 1.36. The monoisotopic (exact) mass is 256 g/mol. The van der Waals surface area contributed by atoms with Crippen molar-refractivity contribution in [2.45, 2.75) is 11.7 Å². The van der Waals surface area contributed by atoms with E-state index in [2.05, 4.69) is 4.98 Å². The maximum atomic E-state index is 11.7. The number of hydrogen-bond donors (Lipinski definition) is 2. The predicted molar refractivity (Wildman–Crippen MR) is 62.5 cm³/mol. The van der Waals surface area contributed by atoms with Gasteiger partial charge in [0.05, 0.1) is 5.69 Å². The number of nitrogen functional groups attached to an aromatic ring is 1. The molecule has 1 atom stereocenters. The Bertz CT molecular complexity index is 557. The van der Waals surface area contributed by atoms with E-state index in [1.165, 1.54) is 11.1 Å². The third kappa shape index (κ3) is 2.22. The molecule has 1 aliphatic rings. The SMILES string of the molecule is Nc1cccnc1N1CC(S(N)(=O)=O)CC1=O. The molecule has 0 radical (unpaired) electrons. The molecule has 2 heterocycles. The van der Waals surface area contributed by atoms with Gasteiger partial charge in [-0.2, -0.15) is 0 Å². The Balaban J connectivity index is 2.31. The first-order chi connectivity index (χ1) is 7.89. The Morgan fingerprint density at radius 2 is 2.18 bits per heavy atom. The number of carbonyl (C=O) groups is 1. The fraction of sp³-hybridized carbons (Fsp3) is 0.333. The standard InChI is InChI=1S/C9H12N4O3S/c10-7-2-1-3-12-9(7)13-5-6(4-8(13)14)17(11,15)16/h1-3,6H,4-5,10H2,(H2,11,15,16). The van der Waals surface area contributed by atoms with E-state index in [-0.39, 0.29) is 24.7 Å². The maximum absolute atomic E-state index is 11.7. The molecule has 0 spiro atoms. The first-order valence-electron chi connectivity index (χ1n) is 4.92. The molecule has 0 saturated carbocycles. The molecule has 0 aromatic carbocycles. The fourth-order valence-corrected chi connectivity index (χ4v) is 2.47. The van der Waals surface area contributed by atoms with Gasteiger partial charge in [0.2, 0.25) is 15.9 Å². The van der Waals surface area contributed by atoms with E-state index in [0.29, 0.717) is 5.69 Å². The van der Waals surface area contributed by atoms with Gasteiger partial charge in [-0.3, -0.25) is 9.69 Å². The molecule has 2 rings (SSSR count). The number of primary sulfonamides is 1. The van der Waals surface area contributed by atoms with Crippen molar-refractivity contribution in [2.75, 3.05) is 17.2 Å². The molecular formula is C9H12N4O3S. The summed E-state index contributed by atoms with van der Waals surface area (Å²) in [5.74, 6) is -0.0573. The quantitative estimate of drug-likeness (QED) is 0.707. The minimum Gasteiger partial charge on any atom is -0.396 e. The van der Waals surface area contributed by atoms with E-state index in [1.54, 1.807) is 12.1 Å². The molecule has 92 valence electrons. The molecule has 1 unspecified atom stereocenters. The van der Waals surface area contributed by atoms with Crippen molar-refractivity contribution < 1.29 is 13.2 Å². The van der Waals surface area contributed by atoms with Crippen molar-refractivity contribution in [3.63, 3.8) is 0 Å². The zero-order chi connectivity index (χ0) is 12.6. The van der Waals surface area contributed by atoms with Gasteiger partial charge in [-0.1, -0.05) is 0 Å². The zero-order valence-corrected chi connectivity index (χ0v) is 9.72. The van der Waals surface area contributed by atoms with Gasteiger partial charge in [0.25, 0.3) is 0 Å². The highest BCUT2D eigenvalue weighted by molar-refractivity contribution is 7.89. The smallest absolute Gasteiger partial charge is 0.229 e. The van der Waals surface area contributed by atoms with Crippen LogP contribution < -0.4 is 15.8 Å². The van der Waals surface area contributed by atoms with Crippen molar-refractivity contribution in [3.8, 4) is 0 Å². The lowest BCUT2D eigenvalue weighted by molar-refractivity contribution is -0.117. The molecule has 0 aliphatic carbocycles. The van der Waals surface area contributed by atoms with Crippen LogP contribution in [0.2, 0.25) is 0 Å². The van der Waals surface area contributed by atoms with Crippen LogP contribution in [0.5, 0.6) is 0 Å². The van der Waals surface area contributed by atoms with E-state index in [1.807, 2.05) is 0 Å². The van der Waals surface area contributed by atoms with Gasteiger partial charge in [0, 0.05) is 19.2 Å². The number of sulfonamides is 1. The molecule has 4 N–H and O–H groups in total. The molecule has 0 bridgehead atoms. The van der Waals surface area contributed by atoms with E-state index in [4.69, 9.17) is 10.9 Å². The third-order valence-electron chi connectivity index (χ3n) is 2.63. The second-order valence-electron chi connectivity index (χ2n) is 3.84. The number of hydrogen-bond acceptors (Lipinski definition) is 5. The average Bonchev–Trinajstić information content (AvgIpc) is 2.61. The molecule has 1 aromatic heterocycles. The van der Waals surface area contributed by atoms with Gasteiger partial charge in [-0.05, 0) is 12.1 Å². The number of carbonyl (C=O) groups excluding carboxylic acids is 1. The number of anilines is 2. The number of pyridine rings is 1. The Hall–Kier alpha value is -1.67. The van der Waals surface area contributed by atoms with Gasteiger partial charge in [-0.15, -0.1) is 0 Å². The average molecular weight is 256 g/mol. The summed E-state index contributed by atoms with van der Waals surface area (Å²) in [4.78, 5) is 16.9. The predicted octanol–water partition coefficient (Wildman–Crippen LogP) is -0.942. The number of nitrogens with zero attached hydrogens (tertiary/aromatic N) is 2. The minimum atomic E-state index is -3.72. The highest BCUT2D eigenvalue weighted by atomic mass is 32.2. The van der Waals surface area contributed by atoms with Gasteiger partial charge < -0.3 is 5.73 Å². The first-order valence-corrected chi connectivity index (χ1v) is 6.53. The molecule has 1 saturated heterocycles. The number of nitrogens with two attached hydrogens (primary N) is 2. The van der Waals surface area contributed by atoms with Crippen molar-refractivity contribution in [1.82, 2.24) is 4.98 Å². The second-order valence-corrected chi connectivity index (χ2v) is 5.68. The fourth-order valence-electron chi connectivity index (χ4n) is 1.73. The van der Waals surface area contributed by atoms with E-state index in [9.17, 15) is 13.2 Å². The minimum absolute atomic E-state index is 0.00111. The Morgan fingerprint density at radius 1 is 1.47 bits per heavy atom. The van der Waals surface area contributed by atoms with Gasteiger partial charge in [-0.25, -0.2) is 18.5 Å². The summed E-state index contributed by atoms with van der Waals surface area (Å²) < 4.78 is 22.4. The Kier molecular flexibility index (Phi) is 2.76. The molecule has 1 amide bonds. The normalized spacial score (nSPS) is 20.9. The topological polar surface area (TPSA) is 119 Å². The molecule has 1 aromatic rings. The van der Waals surface area contributed by atoms with Crippen LogP contribution in [0.15, 0.2) is 18.3 Å². The summed E-state index contributed by atoms with van der Waals surface area (Å²) in [5, 5.41) is 4.13. The van der Waals surface area contributed by atoms with E-state index in [0.717, 1.165) is 0 Å². The first kappa shape index (κ1) is 11.8. The lowest BCUT2D eigenvalue weighted by Crippen LogP contribution is -2.32. The number of amides is 1. The van der Waals surface area contributed by atoms with Crippen LogP contribution in [0.4, 0.5) is 11.5 Å². The van der Waals surface area contributed by atoms with Gasteiger partial charge >= 0.3 is 0 Å². The van der Waals surface area contributed by atoms with Gasteiger partial charge in [0.1, 0.15) is 5.25 Å². The lowest BCUT2D eigenvalue weighted by atomic mass is 10.3. The maximum Gasteiger partial charge on any atom is 0.229 e. The Labute approximate surface area is 98.5 Å². The van der Waals surface area contributed by atoms with Crippen LogP contribution in [0.25, 0.3) is 0 Å². The molecule has 1 fully saturated rings. The van der Waals surface area contributed by atoms with E-state index >= 15 is 0 Å². The van der Waals surface area contributed by atoms with Crippen molar-refractivity contribution in [2.24, 2.45) is 5.14 Å². The van der Waals surface area contributed by atoms with Crippen LogP contribution in [0, 0.1) is 0 Å². The number of aromatic nitrogens is 1. The van der Waals surface area contributed by atoms with E-state index < -0.39 is 15.3 Å². The van der Waals surface area contributed by atoms with Crippen molar-refractivity contribution in [1.29, 1.82) is 0 Å². The van der Waals surface area contributed by atoms with Gasteiger partial charge in [0.15, 0.2) is 5.82 Å². The van der Waals surface area contributed by atoms with Crippen LogP contribution in [0.3, 0.4) is 0 Å². The molecule has 17 heavy (non-hydrogen) atoms. The highest BCUT2D eigenvalue weighted by Crippen LogP contribution is 2.26. The summed E-state index contributed by atoms with van der Waals surface area (Å²) in [6.45, 7) is -0.00111.